The van der Waals surface area contributed by atoms with Crippen molar-refractivity contribution in [1.29, 1.82) is 0 Å². The van der Waals surface area contributed by atoms with Gasteiger partial charge in [-0.25, -0.2) is 0 Å². The second-order valence-corrected chi connectivity index (χ2v) is 5.26. The number of amides is 2. The molecule has 2 fully saturated rings. The lowest BCUT2D eigenvalue weighted by Crippen LogP contribution is -2.46. The fourth-order valence-corrected chi connectivity index (χ4v) is 2.24. The molecule has 1 saturated carbocycles. The zero-order valence-electron chi connectivity index (χ0n) is 10.0. The summed E-state index contributed by atoms with van der Waals surface area (Å²) in [6.45, 7) is 4.75. The van der Waals surface area contributed by atoms with Crippen molar-refractivity contribution in [3.8, 4) is 0 Å². The van der Waals surface area contributed by atoms with Gasteiger partial charge >= 0.3 is 0 Å². The highest BCUT2D eigenvalue weighted by Gasteiger charge is 2.38. The molecule has 2 rings (SSSR count). The predicted octanol–water partition coefficient (Wildman–Crippen LogP) is 0.912. The average molecular weight is 224 g/mol. The minimum absolute atomic E-state index is 0.0159. The van der Waals surface area contributed by atoms with E-state index in [0.717, 1.165) is 19.3 Å². The first-order valence-electron chi connectivity index (χ1n) is 6.17. The van der Waals surface area contributed by atoms with Gasteiger partial charge in [0, 0.05) is 19.0 Å². The van der Waals surface area contributed by atoms with Crippen LogP contribution < -0.4 is 5.32 Å². The van der Waals surface area contributed by atoms with Crippen LogP contribution in [0, 0.1) is 5.92 Å². The number of carbonyl (C=O) groups is 2. The van der Waals surface area contributed by atoms with E-state index in [4.69, 9.17) is 0 Å². The van der Waals surface area contributed by atoms with E-state index in [0.29, 0.717) is 24.9 Å². The van der Waals surface area contributed by atoms with E-state index < -0.39 is 0 Å². The number of carbonyl (C=O) groups excluding carboxylic acids is 2. The second-order valence-electron chi connectivity index (χ2n) is 5.26. The van der Waals surface area contributed by atoms with Crippen LogP contribution in [-0.2, 0) is 9.59 Å². The number of hydrogen-bond acceptors (Lipinski definition) is 2. The molecule has 0 bridgehead atoms. The van der Waals surface area contributed by atoms with Gasteiger partial charge in [-0.3, -0.25) is 9.59 Å². The van der Waals surface area contributed by atoms with Crippen LogP contribution in [0.4, 0.5) is 0 Å². The molecule has 0 aromatic rings. The van der Waals surface area contributed by atoms with Crippen molar-refractivity contribution < 1.29 is 9.59 Å². The lowest BCUT2D eigenvalue weighted by Gasteiger charge is -2.24. The summed E-state index contributed by atoms with van der Waals surface area (Å²) in [4.78, 5) is 25.6. The first-order valence-corrected chi connectivity index (χ1v) is 6.17. The van der Waals surface area contributed by atoms with Gasteiger partial charge in [-0.2, -0.15) is 0 Å². The van der Waals surface area contributed by atoms with Gasteiger partial charge in [-0.15, -0.1) is 0 Å². The van der Waals surface area contributed by atoms with Crippen molar-refractivity contribution in [2.45, 2.75) is 51.6 Å². The van der Waals surface area contributed by atoms with Crippen LogP contribution in [0.1, 0.15) is 39.5 Å². The standard InChI is InChI=1S/C12H20N2O2/c1-8(2)7-10-12(16)14(9-3-4-9)6-5-11(15)13-10/h8-10H,3-7H2,1-2H3,(H,13,15). The molecule has 4 nitrogen and oxygen atoms in total. The van der Waals surface area contributed by atoms with Gasteiger partial charge in [-0.1, -0.05) is 13.8 Å². The SMILES string of the molecule is CC(C)CC1NC(=O)CCN(C2CC2)C1=O. The first-order chi connectivity index (χ1) is 7.58. The highest BCUT2D eigenvalue weighted by molar-refractivity contribution is 5.90. The van der Waals surface area contributed by atoms with Crippen LogP contribution in [0.25, 0.3) is 0 Å². The fraction of sp³-hybridized carbons (Fsp3) is 0.833. The zero-order valence-corrected chi connectivity index (χ0v) is 10.0. The summed E-state index contributed by atoms with van der Waals surface area (Å²) in [5.41, 5.74) is 0. The van der Waals surface area contributed by atoms with Gasteiger partial charge in [0.1, 0.15) is 6.04 Å². The molecule has 16 heavy (non-hydrogen) atoms. The quantitative estimate of drug-likeness (QED) is 0.774. The van der Waals surface area contributed by atoms with Gasteiger partial charge in [0.15, 0.2) is 0 Å². The van der Waals surface area contributed by atoms with Gasteiger partial charge in [0.2, 0.25) is 11.8 Å². The Hall–Kier alpha value is -1.06. The van der Waals surface area contributed by atoms with Crippen molar-refractivity contribution in [2.75, 3.05) is 6.54 Å². The number of nitrogens with zero attached hydrogens (tertiary/aromatic N) is 1. The summed E-state index contributed by atoms with van der Waals surface area (Å²) < 4.78 is 0. The van der Waals surface area contributed by atoms with Gasteiger partial charge in [-0.05, 0) is 25.2 Å². The Morgan fingerprint density at radius 3 is 2.62 bits per heavy atom. The molecule has 1 N–H and O–H groups in total. The summed E-state index contributed by atoms with van der Waals surface area (Å²) in [5.74, 6) is 0.567. The molecule has 1 saturated heterocycles. The molecule has 1 aliphatic carbocycles. The predicted molar refractivity (Wildman–Crippen MR) is 60.7 cm³/mol. The molecule has 90 valence electrons. The molecule has 0 aromatic heterocycles. The minimum Gasteiger partial charge on any atom is -0.344 e. The number of nitrogens with one attached hydrogen (secondary N) is 1. The lowest BCUT2D eigenvalue weighted by atomic mass is 10.0. The van der Waals surface area contributed by atoms with Crippen LogP contribution in [-0.4, -0.2) is 35.3 Å². The molecular formula is C12H20N2O2. The lowest BCUT2D eigenvalue weighted by molar-refractivity contribution is -0.134. The topological polar surface area (TPSA) is 49.4 Å². The normalized spacial score (nSPS) is 26.9. The fourth-order valence-electron chi connectivity index (χ4n) is 2.24. The Bertz CT molecular complexity index is 297. The molecule has 2 amide bonds. The first kappa shape index (κ1) is 11.4. The maximum absolute atomic E-state index is 12.2. The van der Waals surface area contributed by atoms with Crippen molar-refractivity contribution in [2.24, 2.45) is 5.92 Å². The molecule has 1 atom stereocenters. The largest absolute Gasteiger partial charge is 0.344 e. The van der Waals surface area contributed by atoms with Crippen LogP contribution in [0.3, 0.4) is 0 Å². The Morgan fingerprint density at radius 2 is 2.06 bits per heavy atom. The molecule has 2 aliphatic rings. The third-order valence-corrected chi connectivity index (χ3v) is 3.19. The summed E-state index contributed by atoms with van der Waals surface area (Å²) >= 11 is 0. The van der Waals surface area contributed by atoms with Crippen molar-refractivity contribution >= 4 is 11.8 Å². The average Bonchev–Trinajstić information content (AvgIpc) is 2.98. The monoisotopic (exact) mass is 224 g/mol. The molecule has 1 unspecified atom stereocenters. The summed E-state index contributed by atoms with van der Waals surface area (Å²) in [6.07, 6.45) is 3.41. The molecule has 1 heterocycles. The molecule has 4 heteroatoms. The van der Waals surface area contributed by atoms with E-state index in [2.05, 4.69) is 19.2 Å². The number of hydrogen-bond donors (Lipinski definition) is 1. The van der Waals surface area contributed by atoms with E-state index in [-0.39, 0.29) is 17.9 Å². The van der Waals surface area contributed by atoms with E-state index in [9.17, 15) is 9.59 Å². The summed E-state index contributed by atoms with van der Waals surface area (Å²) in [7, 11) is 0. The third-order valence-electron chi connectivity index (χ3n) is 3.19. The maximum atomic E-state index is 12.2. The Morgan fingerprint density at radius 1 is 1.38 bits per heavy atom. The van der Waals surface area contributed by atoms with E-state index in [1.807, 2.05) is 4.90 Å². The molecule has 0 radical (unpaired) electrons. The Labute approximate surface area is 96.4 Å². The van der Waals surface area contributed by atoms with Crippen molar-refractivity contribution in [1.82, 2.24) is 10.2 Å². The minimum atomic E-state index is -0.296. The third kappa shape index (κ3) is 2.54. The Balaban J connectivity index is 2.07. The molecule has 1 aliphatic heterocycles. The number of rotatable bonds is 3. The van der Waals surface area contributed by atoms with Crippen molar-refractivity contribution in [3.05, 3.63) is 0 Å². The molecule has 0 aromatic carbocycles. The highest BCUT2D eigenvalue weighted by atomic mass is 16.2. The highest BCUT2D eigenvalue weighted by Crippen LogP contribution is 2.29. The van der Waals surface area contributed by atoms with Gasteiger partial charge < -0.3 is 10.2 Å². The smallest absolute Gasteiger partial charge is 0.245 e. The van der Waals surface area contributed by atoms with Crippen LogP contribution in [0.5, 0.6) is 0 Å². The van der Waals surface area contributed by atoms with E-state index in [1.54, 1.807) is 0 Å². The van der Waals surface area contributed by atoms with E-state index in [1.165, 1.54) is 0 Å². The van der Waals surface area contributed by atoms with Crippen LogP contribution >= 0.6 is 0 Å². The summed E-state index contributed by atoms with van der Waals surface area (Å²) in [5, 5.41) is 2.84. The van der Waals surface area contributed by atoms with Crippen LogP contribution in [0.2, 0.25) is 0 Å². The van der Waals surface area contributed by atoms with E-state index >= 15 is 0 Å². The summed E-state index contributed by atoms with van der Waals surface area (Å²) in [6, 6.07) is 0.116. The molecule has 0 spiro atoms. The van der Waals surface area contributed by atoms with Crippen LogP contribution in [0.15, 0.2) is 0 Å². The van der Waals surface area contributed by atoms with Crippen molar-refractivity contribution in [3.63, 3.8) is 0 Å². The Kier molecular flexibility index (Phi) is 3.17. The zero-order chi connectivity index (χ0) is 11.7. The van der Waals surface area contributed by atoms with Gasteiger partial charge in [0.05, 0.1) is 0 Å². The maximum Gasteiger partial charge on any atom is 0.245 e. The molecular weight excluding hydrogens is 204 g/mol. The second kappa shape index (κ2) is 4.44. The van der Waals surface area contributed by atoms with Gasteiger partial charge in [0.25, 0.3) is 0 Å².